The van der Waals surface area contributed by atoms with E-state index in [2.05, 4.69) is 4.84 Å². The second kappa shape index (κ2) is 4.75. The van der Waals surface area contributed by atoms with E-state index in [4.69, 9.17) is 5.11 Å². The van der Waals surface area contributed by atoms with Gasteiger partial charge in [-0.05, 0) is 6.92 Å². The molecule has 0 aliphatic rings. The topological polar surface area (TPSA) is 66.8 Å². The molecule has 10 heavy (non-hydrogen) atoms. The fraction of sp³-hybridized carbons (Fsp3) is 0.600. The van der Waals surface area contributed by atoms with Gasteiger partial charge in [-0.1, -0.05) is 0 Å². The zero-order valence-electron chi connectivity index (χ0n) is 5.61. The van der Waals surface area contributed by atoms with Crippen molar-refractivity contribution in [1.82, 2.24) is 5.06 Å². The van der Waals surface area contributed by atoms with E-state index in [1.807, 2.05) is 0 Å². The van der Waals surface area contributed by atoms with E-state index >= 15 is 0 Å². The lowest BCUT2D eigenvalue weighted by molar-refractivity contribution is -0.178. The Morgan fingerprint density at radius 1 is 1.80 bits per heavy atom. The van der Waals surface area contributed by atoms with Crippen molar-refractivity contribution in [2.24, 2.45) is 0 Å². The number of carboxylic acids is 1. The highest BCUT2D eigenvalue weighted by Crippen LogP contribution is 1.83. The fourth-order valence-electron chi connectivity index (χ4n) is 0.412. The molecule has 0 unspecified atom stereocenters. The molecule has 0 fully saturated rings. The van der Waals surface area contributed by atoms with Crippen LogP contribution in [-0.4, -0.2) is 35.7 Å². The maximum absolute atomic E-state index is 9.97. The summed E-state index contributed by atoms with van der Waals surface area (Å²) in [5.41, 5.74) is 0. The quantitative estimate of drug-likeness (QED) is 0.419. The van der Waals surface area contributed by atoms with E-state index in [-0.39, 0.29) is 6.61 Å². The van der Waals surface area contributed by atoms with Gasteiger partial charge in [-0.25, -0.2) is 5.06 Å². The predicted molar refractivity (Wildman–Crippen MR) is 32.0 cm³/mol. The number of nitrogens with zero attached hydrogens (tertiary/aromatic N) is 1. The number of carboxylic acid groups (broad SMARTS) is 1. The van der Waals surface area contributed by atoms with Gasteiger partial charge in [-0.3, -0.25) is 14.4 Å². The van der Waals surface area contributed by atoms with Crippen LogP contribution in [0.1, 0.15) is 6.92 Å². The van der Waals surface area contributed by atoms with Gasteiger partial charge >= 0.3 is 5.97 Å². The van der Waals surface area contributed by atoms with Gasteiger partial charge < -0.3 is 5.11 Å². The highest BCUT2D eigenvalue weighted by molar-refractivity contribution is 5.71. The molecule has 1 N–H and O–H groups in total. The molecule has 0 aromatic rings. The number of carbonyl (C=O) groups is 2. The van der Waals surface area contributed by atoms with E-state index in [1.54, 1.807) is 6.92 Å². The molecule has 0 radical (unpaired) electrons. The molecule has 0 aliphatic carbocycles. The van der Waals surface area contributed by atoms with Crippen LogP contribution in [0.5, 0.6) is 0 Å². The van der Waals surface area contributed by atoms with Crippen molar-refractivity contribution in [3.05, 3.63) is 0 Å². The summed E-state index contributed by atoms with van der Waals surface area (Å²) in [5.74, 6) is -1.10. The van der Waals surface area contributed by atoms with Crippen molar-refractivity contribution >= 4 is 12.4 Å². The van der Waals surface area contributed by atoms with Gasteiger partial charge in [0.15, 0.2) is 0 Å². The first-order valence-corrected chi connectivity index (χ1v) is 2.77. The minimum Gasteiger partial charge on any atom is -0.480 e. The Bertz CT molecular complexity index is 125. The van der Waals surface area contributed by atoms with Crippen LogP contribution in [0.4, 0.5) is 0 Å². The monoisotopic (exact) mass is 147 g/mol. The van der Waals surface area contributed by atoms with Gasteiger partial charge in [-0.2, -0.15) is 0 Å². The number of hydrogen-bond acceptors (Lipinski definition) is 3. The van der Waals surface area contributed by atoms with Crippen LogP contribution in [0, 0.1) is 0 Å². The summed E-state index contributed by atoms with van der Waals surface area (Å²) in [7, 11) is 0. The average Bonchev–Trinajstić information content (AvgIpc) is 1.86. The Balaban J connectivity index is 3.59. The maximum Gasteiger partial charge on any atom is 0.325 e. The minimum atomic E-state index is -1.10. The molecule has 0 saturated heterocycles. The lowest BCUT2D eigenvalue weighted by Gasteiger charge is -2.11. The molecule has 0 aliphatic heterocycles. The van der Waals surface area contributed by atoms with Crippen molar-refractivity contribution in [3.8, 4) is 0 Å². The molecule has 0 aromatic heterocycles. The lowest BCUT2D eigenvalue weighted by atomic mass is 10.7. The molecule has 0 rings (SSSR count). The first kappa shape index (κ1) is 8.90. The molecule has 5 heteroatoms. The Morgan fingerprint density at radius 3 is 2.70 bits per heavy atom. The first-order chi connectivity index (χ1) is 4.70. The van der Waals surface area contributed by atoms with E-state index in [1.165, 1.54) is 0 Å². The van der Waals surface area contributed by atoms with Crippen LogP contribution in [0.2, 0.25) is 0 Å². The number of rotatable bonds is 5. The van der Waals surface area contributed by atoms with E-state index in [9.17, 15) is 9.59 Å². The Hall–Kier alpha value is -1.10. The average molecular weight is 147 g/mol. The minimum absolute atomic E-state index is 0.284. The van der Waals surface area contributed by atoms with E-state index in [0.717, 1.165) is 5.06 Å². The summed E-state index contributed by atoms with van der Waals surface area (Å²) >= 11 is 0. The largest absolute Gasteiger partial charge is 0.480 e. The highest BCUT2D eigenvalue weighted by Gasteiger charge is 2.05. The van der Waals surface area contributed by atoms with Crippen LogP contribution in [0.15, 0.2) is 0 Å². The molecule has 0 heterocycles. The van der Waals surface area contributed by atoms with Crippen molar-refractivity contribution in [3.63, 3.8) is 0 Å². The van der Waals surface area contributed by atoms with Crippen LogP contribution < -0.4 is 0 Å². The van der Waals surface area contributed by atoms with Gasteiger partial charge in [0, 0.05) is 0 Å². The zero-order chi connectivity index (χ0) is 7.98. The lowest BCUT2D eigenvalue weighted by Crippen LogP contribution is -2.28. The highest BCUT2D eigenvalue weighted by atomic mass is 16.7. The molecular weight excluding hydrogens is 138 g/mol. The van der Waals surface area contributed by atoms with Gasteiger partial charge in [0.05, 0.1) is 6.61 Å². The fourth-order valence-corrected chi connectivity index (χ4v) is 0.412. The molecule has 1 amide bonds. The SMILES string of the molecule is CCON(C=O)CC(=O)O. The van der Waals surface area contributed by atoms with Gasteiger partial charge in [0.25, 0.3) is 0 Å². The zero-order valence-corrected chi connectivity index (χ0v) is 5.61. The third-order valence-corrected chi connectivity index (χ3v) is 0.704. The van der Waals surface area contributed by atoms with E-state index in [0.29, 0.717) is 6.41 Å². The number of amides is 1. The first-order valence-electron chi connectivity index (χ1n) is 2.77. The number of hydrogen-bond donors (Lipinski definition) is 1. The third kappa shape index (κ3) is 3.85. The van der Waals surface area contributed by atoms with Crippen LogP contribution in [0.3, 0.4) is 0 Å². The predicted octanol–water partition coefficient (Wildman–Crippen LogP) is -0.519. The number of carbonyl (C=O) groups excluding carboxylic acids is 1. The van der Waals surface area contributed by atoms with Crippen LogP contribution in [0.25, 0.3) is 0 Å². The summed E-state index contributed by atoms with van der Waals surface area (Å²) in [6.07, 6.45) is 0.331. The molecular formula is C5H9NO4. The standard InChI is InChI=1S/C5H9NO4/c1-2-10-6(4-7)3-5(8)9/h4H,2-3H2,1H3,(H,8,9). The Labute approximate surface area is 58.1 Å². The Kier molecular flexibility index (Phi) is 4.23. The third-order valence-electron chi connectivity index (χ3n) is 0.704. The molecule has 0 spiro atoms. The second-order valence-corrected chi connectivity index (χ2v) is 1.49. The second-order valence-electron chi connectivity index (χ2n) is 1.49. The number of hydroxylamine groups is 2. The summed E-state index contributed by atoms with van der Waals surface area (Å²) in [4.78, 5) is 24.5. The van der Waals surface area contributed by atoms with Gasteiger partial charge in [0.2, 0.25) is 6.41 Å². The van der Waals surface area contributed by atoms with E-state index < -0.39 is 12.5 Å². The van der Waals surface area contributed by atoms with Crippen LogP contribution >= 0.6 is 0 Å². The van der Waals surface area contributed by atoms with Crippen molar-refractivity contribution in [1.29, 1.82) is 0 Å². The van der Waals surface area contributed by atoms with Gasteiger partial charge in [0.1, 0.15) is 6.54 Å². The Morgan fingerprint density at radius 2 is 2.40 bits per heavy atom. The van der Waals surface area contributed by atoms with Crippen molar-refractivity contribution in [2.75, 3.05) is 13.2 Å². The summed E-state index contributed by atoms with van der Waals surface area (Å²) in [6.45, 7) is 1.53. The molecule has 5 nitrogen and oxygen atoms in total. The molecule has 0 aromatic carbocycles. The molecule has 0 saturated carbocycles. The molecule has 0 bridgehead atoms. The van der Waals surface area contributed by atoms with Gasteiger partial charge in [-0.15, -0.1) is 0 Å². The van der Waals surface area contributed by atoms with Crippen molar-refractivity contribution < 1.29 is 19.5 Å². The molecule has 58 valence electrons. The number of aliphatic carboxylic acids is 1. The summed E-state index contributed by atoms with van der Waals surface area (Å²) < 4.78 is 0. The smallest absolute Gasteiger partial charge is 0.325 e. The molecule has 0 atom stereocenters. The normalized spacial score (nSPS) is 8.90. The summed E-state index contributed by atoms with van der Waals surface area (Å²) in [6, 6.07) is 0. The summed E-state index contributed by atoms with van der Waals surface area (Å²) in [5, 5.41) is 8.89. The van der Waals surface area contributed by atoms with Crippen LogP contribution in [-0.2, 0) is 14.4 Å². The van der Waals surface area contributed by atoms with Crippen molar-refractivity contribution in [2.45, 2.75) is 6.92 Å². The maximum atomic E-state index is 9.97.